The summed E-state index contributed by atoms with van der Waals surface area (Å²) >= 11 is 5.71. The second-order valence-corrected chi connectivity index (χ2v) is 6.43. The lowest BCUT2D eigenvalue weighted by Gasteiger charge is -2.39. The number of halogens is 1. The van der Waals surface area contributed by atoms with Gasteiger partial charge in [-0.05, 0) is 31.2 Å². The van der Waals surface area contributed by atoms with Crippen molar-refractivity contribution in [2.24, 2.45) is 0 Å². The van der Waals surface area contributed by atoms with Gasteiger partial charge < -0.3 is 4.90 Å². The maximum atomic E-state index is 11.9. The zero-order valence-electron chi connectivity index (χ0n) is 12.4. The van der Waals surface area contributed by atoms with Gasteiger partial charge in [-0.3, -0.25) is 9.69 Å². The molecule has 1 aliphatic carbocycles. The van der Waals surface area contributed by atoms with E-state index in [1.165, 1.54) is 24.8 Å². The van der Waals surface area contributed by atoms with Crippen LogP contribution in [0.4, 0.5) is 0 Å². The molecule has 3 nitrogen and oxygen atoms in total. The van der Waals surface area contributed by atoms with E-state index in [9.17, 15) is 4.79 Å². The molecule has 1 aromatic rings. The van der Waals surface area contributed by atoms with Gasteiger partial charge in [-0.2, -0.15) is 0 Å². The van der Waals surface area contributed by atoms with Crippen LogP contribution in [0.1, 0.15) is 31.2 Å². The van der Waals surface area contributed by atoms with E-state index in [1.807, 2.05) is 4.90 Å². The lowest BCUT2D eigenvalue weighted by Crippen LogP contribution is -2.50. The second-order valence-electron chi connectivity index (χ2n) is 6.16. The summed E-state index contributed by atoms with van der Waals surface area (Å²) in [6, 6.07) is 11.8. The number of hydrogen-bond acceptors (Lipinski definition) is 2. The summed E-state index contributed by atoms with van der Waals surface area (Å²) in [5, 5.41) is 0. The van der Waals surface area contributed by atoms with Gasteiger partial charge in [0.15, 0.2) is 0 Å². The average Bonchev–Trinajstić information content (AvgIpc) is 3.38. The summed E-state index contributed by atoms with van der Waals surface area (Å²) in [6.45, 7) is 2.71. The standard InChI is InChI=1S/C17H23ClN2O/c18-11-17(21)19-10-4-7-16(13-19)20(15-8-9-15)12-14-5-2-1-3-6-14/h1-3,5-6,15-16H,4,7-13H2/t16-/m1/s1. The van der Waals surface area contributed by atoms with Crippen LogP contribution in [0.5, 0.6) is 0 Å². The van der Waals surface area contributed by atoms with Gasteiger partial charge in [0.2, 0.25) is 5.91 Å². The lowest BCUT2D eigenvalue weighted by atomic mass is 10.0. The first-order valence-corrected chi connectivity index (χ1v) is 8.45. The molecular formula is C17H23ClN2O. The minimum Gasteiger partial charge on any atom is -0.340 e. The molecule has 1 heterocycles. The zero-order chi connectivity index (χ0) is 14.7. The van der Waals surface area contributed by atoms with Crippen molar-refractivity contribution in [2.75, 3.05) is 19.0 Å². The summed E-state index contributed by atoms with van der Waals surface area (Å²) in [4.78, 5) is 16.4. The number of likely N-dealkylation sites (tertiary alicyclic amines) is 1. The fourth-order valence-electron chi connectivity index (χ4n) is 3.29. The average molecular weight is 307 g/mol. The van der Waals surface area contributed by atoms with E-state index in [4.69, 9.17) is 11.6 Å². The van der Waals surface area contributed by atoms with Crippen LogP contribution in [0.25, 0.3) is 0 Å². The van der Waals surface area contributed by atoms with Crippen molar-refractivity contribution < 1.29 is 4.79 Å². The number of rotatable bonds is 5. The van der Waals surface area contributed by atoms with Gasteiger partial charge >= 0.3 is 0 Å². The molecule has 2 fully saturated rings. The maximum absolute atomic E-state index is 11.9. The topological polar surface area (TPSA) is 23.6 Å². The van der Waals surface area contributed by atoms with Gasteiger partial charge in [0.25, 0.3) is 0 Å². The Kier molecular flexibility index (Phi) is 4.81. The van der Waals surface area contributed by atoms with Gasteiger partial charge in [-0.15, -0.1) is 11.6 Å². The molecule has 1 aliphatic heterocycles. The van der Waals surface area contributed by atoms with E-state index in [2.05, 4.69) is 35.2 Å². The molecule has 0 radical (unpaired) electrons. The highest BCUT2D eigenvalue weighted by molar-refractivity contribution is 6.27. The third-order valence-corrected chi connectivity index (χ3v) is 4.79. The Hall–Kier alpha value is -1.06. The second kappa shape index (κ2) is 6.80. The molecule has 1 aromatic carbocycles. The molecule has 4 heteroatoms. The molecule has 21 heavy (non-hydrogen) atoms. The summed E-state index contributed by atoms with van der Waals surface area (Å²) in [5.41, 5.74) is 1.37. The van der Waals surface area contributed by atoms with E-state index >= 15 is 0 Å². The van der Waals surface area contributed by atoms with Crippen LogP contribution in [0, 0.1) is 0 Å². The summed E-state index contributed by atoms with van der Waals surface area (Å²) < 4.78 is 0. The number of nitrogens with zero attached hydrogens (tertiary/aromatic N) is 2. The third kappa shape index (κ3) is 3.78. The number of piperidine rings is 1. The Morgan fingerprint density at radius 3 is 2.62 bits per heavy atom. The summed E-state index contributed by atoms with van der Waals surface area (Å²) in [7, 11) is 0. The molecule has 0 bridgehead atoms. The van der Waals surface area contributed by atoms with Crippen LogP contribution >= 0.6 is 11.6 Å². The number of hydrogen-bond donors (Lipinski definition) is 0. The predicted octanol–water partition coefficient (Wildman–Crippen LogP) is 2.88. The zero-order valence-corrected chi connectivity index (χ0v) is 13.1. The first-order chi connectivity index (χ1) is 10.3. The first kappa shape index (κ1) is 14.9. The van der Waals surface area contributed by atoms with Crippen molar-refractivity contribution in [3.63, 3.8) is 0 Å². The highest BCUT2D eigenvalue weighted by atomic mass is 35.5. The molecule has 1 atom stereocenters. The molecule has 0 unspecified atom stereocenters. The molecule has 3 rings (SSSR count). The van der Waals surface area contributed by atoms with Gasteiger partial charge in [-0.25, -0.2) is 0 Å². The minimum atomic E-state index is 0.0804. The molecule has 114 valence electrons. The molecule has 1 saturated heterocycles. The van der Waals surface area contributed by atoms with Gasteiger partial charge in [-0.1, -0.05) is 30.3 Å². The van der Waals surface area contributed by atoms with Crippen LogP contribution < -0.4 is 0 Å². The van der Waals surface area contributed by atoms with E-state index in [-0.39, 0.29) is 11.8 Å². The van der Waals surface area contributed by atoms with Gasteiger partial charge in [0, 0.05) is 31.7 Å². The monoisotopic (exact) mass is 306 g/mol. The van der Waals surface area contributed by atoms with Crippen molar-refractivity contribution in [3.8, 4) is 0 Å². The fourth-order valence-corrected chi connectivity index (χ4v) is 3.46. The quantitative estimate of drug-likeness (QED) is 0.781. The van der Waals surface area contributed by atoms with Crippen LogP contribution in [-0.4, -0.2) is 46.8 Å². The Morgan fingerprint density at radius 2 is 1.95 bits per heavy atom. The highest BCUT2D eigenvalue weighted by Crippen LogP contribution is 2.32. The van der Waals surface area contributed by atoms with E-state index in [1.54, 1.807) is 0 Å². The van der Waals surface area contributed by atoms with Crippen molar-refractivity contribution in [3.05, 3.63) is 35.9 Å². The SMILES string of the molecule is O=C(CCl)N1CCC[C@@H](N(Cc2ccccc2)C2CC2)C1. The molecule has 1 saturated carbocycles. The largest absolute Gasteiger partial charge is 0.340 e. The Labute approximate surface area is 131 Å². The van der Waals surface area contributed by atoms with E-state index < -0.39 is 0 Å². The normalized spacial score (nSPS) is 22.6. The highest BCUT2D eigenvalue weighted by Gasteiger charge is 2.36. The number of amides is 1. The molecule has 0 N–H and O–H groups in total. The minimum absolute atomic E-state index is 0.0804. The van der Waals surface area contributed by atoms with Crippen LogP contribution in [0.2, 0.25) is 0 Å². The number of carbonyl (C=O) groups excluding carboxylic acids is 1. The Morgan fingerprint density at radius 1 is 1.19 bits per heavy atom. The third-order valence-electron chi connectivity index (χ3n) is 4.56. The lowest BCUT2D eigenvalue weighted by molar-refractivity contribution is -0.130. The number of alkyl halides is 1. The van der Waals surface area contributed by atoms with Gasteiger partial charge in [0.1, 0.15) is 5.88 Å². The first-order valence-electron chi connectivity index (χ1n) is 7.91. The van der Waals surface area contributed by atoms with E-state index in [0.717, 1.165) is 26.1 Å². The fraction of sp³-hybridized carbons (Fsp3) is 0.588. The van der Waals surface area contributed by atoms with Crippen molar-refractivity contribution >= 4 is 17.5 Å². The number of carbonyl (C=O) groups is 1. The molecular weight excluding hydrogens is 284 g/mol. The summed E-state index contributed by atoms with van der Waals surface area (Å²) in [6.07, 6.45) is 4.88. The predicted molar refractivity (Wildman–Crippen MR) is 85.3 cm³/mol. The van der Waals surface area contributed by atoms with Crippen LogP contribution in [0.15, 0.2) is 30.3 Å². The van der Waals surface area contributed by atoms with Crippen LogP contribution in [-0.2, 0) is 11.3 Å². The Balaban J connectivity index is 1.67. The molecule has 1 amide bonds. The van der Waals surface area contributed by atoms with Crippen molar-refractivity contribution in [1.82, 2.24) is 9.80 Å². The number of benzene rings is 1. The van der Waals surface area contributed by atoms with Crippen molar-refractivity contribution in [1.29, 1.82) is 0 Å². The molecule has 2 aliphatic rings. The maximum Gasteiger partial charge on any atom is 0.237 e. The molecule has 0 spiro atoms. The van der Waals surface area contributed by atoms with Crippen LogP contribution in [0.3, 0.4) is 0 Å². The summed E-state index contributed by atoms with van der Waals surface area (Å²) in [5.74, 6) is 0.186. The van der Waals surface area contributed by atoms with Crippen molar-refractivity contribution in [2.45, 2.75) is 44.3 Å². The molecule has 0 aromatic heterocycles. The smallest absolute Gasteiger partial charge is 0.237 e. The van der Waals surface area contributed by atoms with E-state index in [0.29, 0.717) is 12.1 Å². The Bertz CT molecular complexity index is 475. The van der Waals surface area contributed by atoms with Gasteiger partial charge in [0.05, 0.1) is 0 Å².